The summed E-state index contributed by atoms with van der Waals surface area (Å²) in [7, 11) is 0. The Morgan fingerprint density at radius 3 is 2.35 bits per heavy atom. The standard InChI is InChI=1S/C16H9NO3/c18-14-8-3-1-2-4-9(8)15(19)13-11(14)7-12-10(16(13)20)5-6-17-12/h1-7,17,20H. The maximum atomic E-state index is 12.5. The maximum absolute atomic E-state index is 12.5. The van der Waals surface area contributed by atoms with Gasteiger partial charge in [-0.1, -0.05) is 24.3 Å². The zero-order valence-electron chi connectivity index (χ0n) is 10.3. The van der Waals surface area contributed by atoms with E-state index < -0.39 is 0 Å². The number of H-pyrrole nitrogens is 1. The van der Waals surface area contributed by atoms with Crippen LogP contribution >= 0.6 is 0 Å². The second-order valence-electron chi connectivity index (χ2n) is 4.79. The summed E-state index contributed by atoms with van der Waals surface area (Å²) in [5, 5.41) is 10.9. The van der Waals surface area contributed by atoms with Crippen LogP contribution in [-0.2, 0) is 0 Å². The van der Waals surface area contributed by atoms with Crippen LogP contribution in [0.15, 0.2) is 42.6 Å². The average molecular weight is 263 g/mol. The second-order valence-corrected chi connectivity index (χ2v) is 4.79. The zero-order valence-corrected chi connectivity index (χ0v) is 10.3. The molecule has 1 aromatic heterocycles. The Bertz CT molecular complexity index is 905. The summed E-state index contributed by atoms with van der Waals surface area (Å²) >= 11 is 0. The normalized spacial score (nSPS) is 13.4. The minimum Gasteiger partial charge on any atom is -0.506 e. The van der Waals surface area contributed by atoms with Gasteiger partial charge in [0.1, 0.15) is 5.75 Å². The van der Waals surface area contributed by atoms with Gasteiger partial charge in [-0.25, -0.2) is 0 Å². The molecule has 4 rings (SSSR count). The predicted octanol–water partition coefficient (Wildman–Crippen LogP) is 2.65. The second kappa shape index (κ2) is 3.57. The van der Waals surface area contributed by atoms with E-state index in [4.69, 9.17) is 0 Å². The molecular formula is C16H9NO3. The number of carbonyl (C=O) groups excluding carboxylic acids is 2. The predicted molar refractivity (Wildman–Crippen MR) is 73.3 cm³/mol. The van der Waals surface area contributed by atoms with Crippen LogP contribution in [0.25, 0.3) is 10.9 Å². The number of phenols is 1. The van der Waals surface area contributed by atoms with Crippen LogP contribution in [0, 0.1) is 0 Å². The van der Waals surface area contributed by atoms with Gasteiger partial charge in [-0.05, 0) is 12.1 Å². The molecule has 20 heavy (non-hydrogen) atoms. The van der Waals surface area contributed by atoms with Crippen LogP contribution in [0.5, 0.6) is 5.75 Å². The molecule has 0 radical (unpaired) electrons. The van der Waals surface area contributed by atoms with Crippen molar-refractivity contribution in [3.05, 3.63) is 64.8 Å². The van der Waals surface area contributed by atoms with Gasteiger partial charge in [-0.15, -0.1) is 0 Å². The van der Waals surface area contributed by atoms with E-state index in [-0.39, 0.29) is 28.4 Å². The lowest BCUT2D eigenvalue weighted by Crippen LogP contribution is -2.20. The number of hydrogen-bond donors (Lipinski definition) is 2. The monoisotopic (exact) mass is 263 g/mol. The van der Waals surface area contributed by atoms with Crippen molar-refractivity contribution in [2.75, 3.05) is 0 Å². The number of aromatic hydroxyl groups is 1. The van der Waals surface area contributed by atoms with Gasteiger partial charge >= 0.3 is 0 Å². The summed E-state index contributed by atoms with van der Waals surface area (Å²) in [4.78, 5) is 28.0. The summed E-state index contributed by atoms with van der Waals surface area (Å²) in [5.74, 6) is -0.676. The van der Waals surface area contributed by atoms with Crippen LogP contribution < -0.4 is 0 Å². The van der Waals surface area contributed by atoms with Crippen LogP contribution in [-0.4, -0.2) is 21.7 Å². The van der Waals surface area contributed by atoms with Gasteiger partial charge in [0.25, 0.3) is 0 Å². The zero-order chi connectivity index (χ0) is 13.9. The van der Waals surface area contributed by atoms with E-state index in [9.17, 15) is 14.7 Å². The van der Waals surface area contributed by atoms with Crippen molar-refractivity contribution in [1.82, 2.24) is 4.98 Å². The highest BCUT2D eigenvalue weighted by atomic mass is 16.3. The first-order valence-electron chi connectivity index (χ1n) is 6.20. The molecule has 3 aromatic rings. The highest BCUT2D eigenvalue weighted by Crippen LogP contribution is 2.37. The third-order valence-electron chi connectivity index (χ3n) is 3.72. The average Bonchev–Trinajstić information content (AvgIpc) is 2.93. The number of aromatic amines is 1. The summed E-state index contributed by atoms with van der Waals surface area (Å²) in [6.45, 7) is 0. The lowest BCUT2D eigenvalue weighted by molar-refractivity contribution is 0.0977. The summed E-state index contributed by atoms with van der Waals surface area (Å²) in [5.41, 5.74) is 1.72. The quantitative estimate of drug-likeness (QED) is 0.512. The molecule has 0 saturated carbocycles. The Morgan fingerprint density at radius 2 is 1.60 bits per heavy atom. The summed E-state index contributed by atoms with van der Waals surface area (Å²) in [6, 6.07) is 9.99. The molecule has 1 heterocycles. The van der Waals surface area contributed by atoms with Crippen molar-refractivity contribution < 1.29 is 14.7 Å². The number of ketones is 2. The molecule has 4 heteroatoms. The van der Waals surface area contributed by atoms with Gasteiger partial charge < -0.3 is 10.1 Å². The van der Waals surface area contributed by atoms with Crippen molar-refractivity contribution in [3.8, 4) is 5.75 Å². The molecular weight excluding hydrogens is 254 g/mol. The van der Waals surface area contributed by atoms with Crippen molar-refractivity contribution in [3.63, 3.8) is 0 Å². The van der Waals surface area contributed by atoms with Crippen molar-refractivity contribution >= 4 is 22.5 Å². The van der Waals surface area contributed by atoms with Crippen LogP contribution in [0.2, 0.25) is 0 Å². The Morgan fingerprint density at radius 1 is 0.900 bits per heavy atom. The topological polar surface area (TPSA) is 70.2 Å². The lowest BCUT2D eigenvalue weighted by atomic mass is 9.83. The molecule has 0 aliphatic heterocycles. The van der Waals surface area contributed by atoms with Gasteiger partial charge in [0.2, 0.25) is 0 Å². The maximum Gasteiger partial charge on any atom is 0.198 e. The van der Waals surface area contributed by atoms with E-state index >= 15 is 0 Å². The van der Waals surface area contributed by atoms with E-state index in [1.54, 1.807) is 42.6 Å². The lowest BCUT2D eigenvalue weighted by Gasteiger charge is -2.18. The van der Waals surface area contributed by atoms with Crippen molar-refractivity contribution in [2.45, 2.75) is 0 Å². The molecule has 1 aliphatic rings. The summed E-state index contributed by atoms with van der Waals surface area (Å²) in [6.07, 6.45) is 1.66. The molecule has 0 bridgehead atoms. The fourth-order valence-corrected chi connectivity index (χ4v) is 2.75. The molecule has 0 fully saturated rings. The number of hydrogen-bond acceptors (Lipinski definition) is 3. The highest BCUT2D eigenvalue weighted by Gasteiger charge is 2.32. The molecule has 2 N–H and O–H groups in total. The van der Waals surface area contributed by atoms with E-state index in [1.165, 1.54) is 0 Å². The Balaban J connectivity index is 2.14. The van der Waals surface area contributed by atoms with Crippen LogP contribution in [0.3, 0.4) is 0 Å². The Labute approximate surface area is 113 Å². The molecule has 2 aromatic carbocycles. The van der Waals surface area contributed by atoms with Gasteiger partial charge in [0.05, 0.1) is 5.56 Å². The van der Waals surface area contributed by atoms with E-state index in [2.05, 4.69) is 4.98 Å². The number of nitrogens with one attached hydrogen (secondary N) is 1. The number of carbonyl (C=O) groups is 2. The molecule has 4 nitrogen and oxygen atoms in total. The third-order valence-corrected chi connectivity index (χ3v) is 3.72. The van der Waals surface area contributed by atoms with Crippen molar-refractivity contribution in [1.29, 1.82) is 0 Å². The minimum atomic E-state index is -0.309. The number of aromatic nitrogens is 1. The van der Waals surface area contributed by atoms with Gasteiger partial charge in [0.15, 0.2) is 11.6 Å². The van der Waals surface area contributed by atoms with E-state index in [0.29, 0.717) is 22.0 Å². The first-order chi connectivity index (χ1) is 9.68. The molecule has 96 valence electrons. The largest absolute Gasteiger partial charge is 0.506 e. The van der Waals surface area contributed by atoms with Crippen LogP contribution in [0.4, 0.5) is 0 Å². The third kappa shape index (κ3) is 1.20. The first-order valence-corrected chi connectivity index (χ1v) is 6.20. The highest BCUT2D eigenvalue weighted by molar-refractivity contribution is 6.30. The Hall–Kier alpha value is -2.88. The number of phenolic OH excluding ortho intramolecular Hbond substituents is 1. The van der Waals surface area contributed by atoms with E-state index in [1.807, 2.05) is 0 Å². The molecule has 0 saturated heterocycles. The molecule has 0 atom stereocenters. The van der Waals surface area contributed by atoms with E-state index in [0.717, 1.165) is 0 Å². The van der Waals surface area contributed by atoms with Gasteiger partial charge in [0, 0.05) is 33.8 Å². The fraction of sp³-hybridized carbons (Fsp3) is 0. The molecule has 0 spiro atoms. The molecule has 1 aliphatic carbocycles. The van der Waals surface area contributed by atoms with Crippen LogP contribution in [0.1, 0.15) is 31.8 Å². The number of fused-ring (bicyclic) bond motifs is 3. The minimum absolute atomic E-state index is 0.0980. The van der Waals surface area contributed by atoms with Gasteiger partial charge in [-0.3, -0.25) is 9.59 Å². The fourth-order valence-electron chi connectivity index (χ4n) is 2.75. The summed E-state index contributed by atoms with van der Waals surface area (Å²) < 4.78 is 0. The number of benzene rings is 2. The molecule has 0 amide bonds. The SMILES string of the molecule is O=C1c2ccccc2C(=O)c2c1cc1[nH]ccc1c2O. The van der Waals surface area contributed by atoms with Crippen molar-refractivity contribution in [2.24, 2.45) is 0 Å². The Kier molecular flexibility index (Phi) is 1.96. The smallest absolute Gasteiger partial charge is 0.198 e. The number of rotatable bonds is 0. The first kappa shape index (κ1) is 11.0. The van der Waals surface area contributed by atoms with Gasteiger partial charge in [-0.2, -0.15) is 0 Å². The molecule has 0 unspecified atom stereocenters.